The van der Waals surface area contributed by atoms with Crippen molar-refractivity contribution < 1.29 is 13.9 Å². The van der Waals surface area contributed by atoms with Crippen molar-refractivity contribution in [1.82, 2.24) is 10.6 Å². The number of rotatable bonds is 6. The van der Waals surface area contributed by atoms with Crippen LogP contribution in [0.5, 0.6) is 0 Å². The summed E-state index contributed by atoms with van der Waals surface area (Å²) in [4.78, 5) is 11.9. The molecule has 1 unspecified atom stereocenters. The van der Waals surface area contributed by atoms with E-state index in [9.17, 15) is 9.18 Å². The van der Waals surface area contributed by atoms with E-state index in [1.807, 2.05) is 20.8 Å². The van der Waals surface area contributed by atoms with Crippen LogP contribution in [0.15, 0.2) is 18.2 Å². The van der Waals surface area contributed by atoms with Crippen molar-refractivity contribution >= 4 is 17.7 Å². The maximum atomic E-state index is 13.3. The quantitative estimate of drug-likeness (QED) is 0.825. The molecule has 0 saturated heterocycles. The van der Waals surface area contributed by atoms with Gasteiger partial charge in [0.15, 0.2) is 0 Å². The van der Waals surface area contributed by atoms with Crippen LogP contribution in [-0.4, -0.2) is 24.3 Å². The van der Waals surface area contributed by atoms with Crippen LogP contribution in [0.1, 0.15) is 39.2 Å². The Labute approximate surface area is 141 Å². The maximum Gasteiger partial charge on any atom is 0.407 e. The summed E-state index contributed by atoms with van der Waals surface area (Å²) in [5, 5.41) is 6.55. The number of nitrogens with one attached hydrogen (secondary N) is 2. The molecule has 1 aliphatic rings. The molecule has 128 valence electrons. The number of carbonyl (C=O) groups excluding carboxylic acids is 1. The van der Waals surface area contributed by atoms with Gasteiger partial charge in [-0.05, 0) is 63.3 Å². The molecule has 0 bridgehead atoms. The number of benzene rings is 1. The van der Waals surface area contributed by atoms with Crippen molar-refractivity contribution in [1.29, 1.82) is 0 Å². The van der Waals surface area contributed by atoms with E-state index in [1.165, 1.54) is 12.1 Å². The van der Waals surface area contributed by atoms with Crippen molar-refractivity contribution in [2.24, 2.45) is 5.92 Å². The summed E-state index contributed by atoms with van der Waals surface area (Å²) >= 11 is 5.84. The van der Waals surface area contributed by atoms with Gasteiger partial charge in [-0.2, -0.15) is 0 Å². The highest BCUT2D eigenvalue weighted by atomic mass is 35.5. The third kappa shape index (κ3) is 6.75. The van der Waals surface area contributed by atoms with Crippen molar-refractivity contribution in [3.63, 3.8) is 0 Å². The molecule has 0 aliphatic heterocycles. The first kappa shape index (κ1) is 18.0. The lowest BCUT2D eigenvalue weighted by Gasteiger charge is -2.24. The Bertz CT molecular complexity index is 536. The van der Waals surface area contributed by atoms with Crippen LogP contribution in [0.25, 0.3) is 0 Å². The molecule has 2 rings (SSSR count). The Balaban J connectivity index is 1.82. The summed E-state index contributed by atoms with van der Waals surface area (Å²) in [7, 11) is 0. The molecular formula is C17H24ClFN2O2. The second-order valence-corrected chi connectivity index (χ2v) is 7.44. The van der Waals surface area contributed by atoms with E-state index in [4.69, 9.17) is 16.3 Å². The van der Waals surface area contributed by atoms with Gasteiger partial charge in [-0.3, -0.25) is 0 Å². The van der Waals surface area contributed by atoms with Gasteiger partial charge in [0.25, 0.3) is 0 Å². The van der Waals surface area contributed by atoms with E-state index in [0.717, 1.165) is 18.4 Å². The Kier molecular flexibility index (Phi) is 5.87. The second kappa shape index (κ2) is 7.49. The second-order valence-electron chi connectivity index (χ2n) is 7.00. The van der Waals surface area contributed by atoms with E-state index >= 15 is 0 Å². The molecule has 0 radical (unpaired) electrons. The summed E-state index contributed by atoms with van der Waals surface area (Å²) < 4.78 is 18.6. The molecule has 1 fully saturated rings. The lowest BCUT2D eigenvalue weighted by atomic mass is 10.1. The minimum absolute atomic E-state index is 0.0221. The number of carbonyl (C=O) groups is 1. The fourth-order valence-electron chi connectivity index (χ4n) is 2.38. The van der Waals surface area contributed by atoms with Crippen LogP contribution in [-0.2, 0) is 11.3 Å². The number of hydrogen-bond acceptors (Lipinski definition) is 3. The first-order valence-electron chi connectivity index (χ1n) is 7.88. The predicted octanol–water partition coefficient (Wildman–Crippen LogP) is 3.87. The molecule has 0 heterocycles. The highest BCUT2D eigenvalue weighted by Crippen LogP contribution is 2.32. The molecule has 0 aromatic heterocycles. The van der Waals surface area contributed by atoms with Crippen LogP contribution in [0.4, 0.5) is 9.18 Å². The first-order valence-corrected chi connectivity index (χ1v) is 8.26. The van der Waals surface area contributed by atoms with Gasteiger partial charge in [-0.1, -0.05) is 11.6 Å². The third-order valence-corrected chi connectivity index (χ3v) is 3.73. The average Bonchev–Trinajstić information content (AvgIpc) is 3.18. The summed E-state index contributed by atoms with van der Waals surface area (Å²) in [5.41, 5.74) is 0.269. The average molecular weight is 343 g/mol. The summed E-state index contributed by atoms with van der Waals surface area (Å²) in [6, 6.07) is 4.48. The number of halogens is 2. The molecule has 1 aromatic carbocycles. The van der Waals surface area contributed by atoms with Crippen molar-refractivity contribution in [3.8, 4) is 0 Å². The van der Waals surface area contributed by atoms with Crippen LogP contribution in [0.2, 0.25) is 5.02 Å². The topological polar surface area (TPSA) is 50.4 Å². The lowest BCUT2D eigenvalue weighted by molar-refractivity contribution is 0.0497. The maximum absolute atomic E-state index is 13.3. The van der Waals surface area contributed by atoms with Crippen LogP contribution < -0.4 is 10.6 Å². The summed E-state index contributed by atoms with van der Waals surface area (Å²) in [5.74, 6) is 0.131. The Morgan fingerprint density at radius 2 is 2.09 bits per heavy atom. The van der Waals surface area contributed by atoms with Gasteiger partial charge in [0.05, 0.1) is 0 Å². The highest BCUT2D eigenvalue weighted by molar-refractivity contribution is 6.30. The normalized spacial score (nSPS) is 16.0. The smallest absolute Gasteiger partial charge is 0.407 e. The molecule has 1 aromatic rings. The predicted molar refractivity (Wildman–Crippen MR) is 89.0 cm³/mol. The zero-order valence-corrected chi connectivity index (χ0v) is 14.5. The van der Waals surface area contributed by atoms with Gasteiger partial charge >= 0.3 is 6.09 Å². The number of ether oxygens (including phenoxy) is 1. The van der Waals surface area contributed by atoms with E-state index < -0.39 is 11.7 Å². The Morgan fingerprint density at radius 3 is 2.65 bits per heavy atom. The molecule has 1 saturated carbocycles. The number of amides is 1. The molecule has 1 aliphatic carbocycles. The standard InChI is InChI=1S/C17H24ClFN2O2/c1-17(2,3)23-16(22)21-15(12-4-5-12)10-20-9-11-6-13(18)8-14(19)7-11/h6-8,12,15,20H,4-5,9-10H2,1-3H3,(H,21,22). The van der Waals surface area contributed by atoms with Crippen molar-refractivity contribution in [2.75, 3.05) is 6.54 Å². The largest absolute Gasteiger partial charge is 0.444 e. The van der Waals surface area contributed by atoms with Gasteiger partial charge < -0.3 is 15.4 Å². The first-order chi connectivity index (χ1) is 10.7. The van der Waals surface area contributed by atoms with E-state index in [-0.39, 0.29) is 11.9 Å². The van der Waals surface area contributed by atoms with Gasteiger partial charge in [0, 0.05) is 24.2 Å². The van der Waals surface area contributed by atoms with E-state index in [1.54, 1.807) is 6.07 Å². The monoisotopic (exact) mass is 342 g/mol. The molecular weight excluding hydrogens is 319 g/mol. The molecule has 2 N–H and O–H groups in total. The SMILES string of the molecule is CC(C)(C)OC(=O)NC(CNCc1cc(F)cc(Cl)c1)C1CC1. The summed E-state index contributed by atoms with van der Waals surface area (Å²) in [6.07, 6.45) is 1.81. The zero-order chi connectivity index (χ0) is 17.0. The fourth-order valence-corrected chi connectivity index (χ4v) is 2.62. The minimum atomic E-state index is -0.510. The number of hydrogen-bond donors (Lipinski definition) is 2. The van der Waals surface area contributed by atoms with E-state index in [0.29, 0.717) is 24.0 Å². The molecule has 1 atom stereocenters. The fraction of sp³-hybridized carbons (Fsp3) is 0.588. The Hall–Kier alpha value is -1.33. The highest BCUT2D eigenvalue weighted by Gasteiger charge is 2.33. The summed E-state index contributed by atoms with van der Waals surface area (Å²) in [6.45, 7) is 6.62. The van der Waals surface area contributed by atoms with E-state index in [2.05, 4.69) is 10.6 Å². The molecule has 0 spiro atoms. The molecule has 4 nitrogen and oxygen atoms in total. The number of alkyl carbamates (subject to hydrolysis) is 1. The van der Waals surface area contributed by atoms with Gasteiger partial charge in [-0.25, -0.2) is 9.18 Å². The zero-order valence-electron chi connectivity index (χ0n) is 13.8. The molecule has 6 heteroatoms. The van der Waals surface area contributed by atoms with Crippen molar-refractivity contribution in [3.05, 3.63) is 34.6 Å². The minimum Gasteiger partial charge on any atom is -0.444 e. The van der Waals surface area contributed by atoms with Crippen LogP contribution >= 0.6 is 11.6 Å². The molecule has 1 amide bonds. The van der Waals surface area contributed by atoms with Gasteiger partial charge in [-0.15, -0.1) is 0 Å². The Morgan fingerprint density at radius 1 is 1.39 bits per heavy atom. The van der Waals surface area contributed by atoms with Gasteiger partial charge in [0.2, 0.25) is 0 Å². The third-order valence-electron chi connectivity index (χ3n) is 3.51. The lowest BCUT2D eigenvalue weighted by Crippen LogP contribution is -2.45. The molecule has 23 heavy (non-hydrogen) atoms. The van der Waals surface area contributed by atoms with Crippen LogP contribution in [0.3, 0.4) is 0 Å². The van der Waals surface area contributed by atoms with Crippen LogP contribution in [0, 0.1) is 11.7 Å². The van der Waals surface area contributed by atoms with Gasteiger partial charge in [0.1, 0.15) is 11.4 Å². The van der Waals surface area contributed by atoms with Crippen molar-refractivity contribution in [2.45, 2.75) is 51.8 Å².